The van der Waals surface area contributed by atoms with Crippen LogP contribution < -0.4 is 5.73 Å². The predicted octanol–water partition coefficient (Wildman–Crippen LogP) is 6.25. The van der Waals surface area contributed by atoms with E-state index in [1.807, 2.05) is 18.2 Å². The van der Waals surface area contributed by atoms with Crippen LogP contribution in [0.25, 0.3) is 0 Å². The molecule has 0 fully saturated rings. The third kappa shape index (κ3) is 5.51. The first-order chi connectivity index (χ1) is 13.1. The molecule has 0 aliphatic carbocycles. The average molecular weight is 384 g/mol. The first-order valence-electron chi connectivity index (χ1n) is 10.5. The van der Waals surface area contributed by atoms with Gasteiger partial charge in [-0.3, -0.25) is 0 Å². The molecule has 3 heteroatoms. The molecule has 2 aromatic rings. The molecule has 0 aromatic heterocycles. The van der Waals surface area contributed by atoms with Gasteiger partial charge in [0.15, 0.2) is 0 Å². The van der Waals surface area contributed by atoms with Crippen molar-refractivity contribution in [3.63, 3.8) is 0 Å². The van der Waals surface area contributed by atoms with Crippen LogP contribution in [-0.4, -0.2) is 10.2 Å². The Morgan fingerprint density at radius 3 is 1.89 bits per heavy atom. The van der Waals surface area contributed by atoms with Crippen LogP contribution in [0.5, 0.6) is 11.5 Å². The summed E-state index contributed by atoms with van der Waals surface area (Å²) in [6, 6.07) is 11.7. The standard InChI is InChI=1S/C25H37NO2/c1-15(2)21-13-19(7-9-23(21)27)12-17(5)11-18(6)25(26)20-8-10-24(28)22(14-20)16(3)4/h7-10,13-18,25,27-28H,11-12,26H2,1-6H3. The van der Waals surface area contributed by atoms with E-state index in [9.17, 15) is 10.2 Å². The number of hydrogen-bond acceptors (Lipinski definition) is 3. The minimum Gasteiger partial charge on any atom is -0.508 e. The molecule has 0 radical (unpaired) electrons. The second-order valence-corrected chi connectivity index (χ2v) is 9.07. The van der Waals surface area contributed by atoms with Crippen molar-refractivity contribution in [1.29, 1.82) is 0 Å². The summed E-state index contributed by atoms with van der Waals surface area (Å²) in [5, 5.41) is 20.1. The summed E-state index contributed by atoms with van der Waals surface area (Å²) < 4.78 is 0. The lowest BCUT2D eigenvalue weighted by Crippen LogP contribution is -2.21. The van der Waals surface area contributed by atoms with Gasteiger partial charge in [0.25, 0.3) is 0 Å². The van der Waals surface area contributed by atoms with Gasteiger partial charge < -0.3 is 15.9 Å². The van der Waals surface area contributed by atoms with Crippen molar-refractivity contribution in [1.82, 2.24) is 0 Å². The fourth-order valence-corrected chi connectivity index (χ4v) is 4.03. The minimum atomic E-state index is -0.0495. The zero-order valence-electron chi connectivity index (χ0n) is 18.2. The third-order valence-electron chi connectivity index (χ3n) is 5.74. The number of phenols is 2. The summed E-state index contributed by atoms with van der Waals surface area (Å²) in [6.07, 6.45) is 2.00. The second kappa shape index (κ2) is 9.47. The highest BCUT2D eigenvalue weighted by atomic mass is 16.3. The monoisotopic (exact) mass is 383 g/mol. The summed E-state index contributed by atoms with van der Waals surface area (Å²) >= 11 is 0. The summed E-state index contributed by atoms with van der Waals surface area (Å²) in [7, 11) is 0. The Kier molecular flexibility index (Phi) is 7.54. The van der Waals surface area contributed by atoms with Crippen molar-refractivity contribution in [3.05, 3.63) is 58.7 Å². The van der Waals surface area contributed by atoms with Gasteiger partial charge in [0.05, 0.1) is 0 Å². The third-order valence-corrected chi connectivity index (χ3v) is 5.74. The molecule has 2 rings (SSSR count). The molecule has 3 atom stereocenters. The Labute approximate surface area is 170 Å². The maximum Gasteiger partial charge on any atom is 0.119 e. The Bertz CT molecular complexity index is 782. The molecular formula is C25H37NO2. The van der Waals surface area contributed by atoms with E-state index in [-0.39, 0.29) is 12.0 Å². The molecule has 0 heterocycles. The van der Waals surface area contributed by atoms with E-state index in [0.29, 0.717) is 29.3 Å². The molecular weight excluding hydrogens is 346 g/mol. The highest BCUT2D eigenvalue weighted by molar-refractivity contribution is 5.40. The van der Waals surface area contributed by atoms with Crippen molar-refractivity contribution in [2.75, 3.05) is 0 Å². The van der Waals surface area contributed by atoms with Gasteiger partial charge in [-0.1, -0.05) is 65.8 Å². The van der Waals surface area contributed by atoms with E-state index in [2.05, 4.69) is 53.7 Å². The van der Waals surface area contributed by atoms with Gasteiger partial charge in [-0.15, -0.1) is 0 Å². The maximum atomic E-state index is 10.1. The fourth-order valence-electron chi connectivity index (χ4n) is 4.03. The number of benzene rings is 2. The maximum absolute atomic E-state index is 10.1. The molecule has 154 valence electrons. The summed E-state index contributed by atoms with van der Waals surface area (Å²) in [5.74, 6) is 2.14. The van der Waals surface area contributed by atoms with Crippen LogP contribution in [0.15, 0.2) is 36.4 Å². The Morgan fingerprint density at radius 2 is 1.32 bits per heavy atom. The largest absolute Gasteiger partial charge is 0.508 e. The highest BCUT2D eigenvalue weighted by Crippen LogP contribution is 2.33. The molecule has 28 heavy (non-hydrogen) atoms. The van der Waals surface area contributed by atoms with E-state index in [1.165, 1.54) is 5.56 Å². The van der Waals surface area contributed by atoms with E-state index < -0.39 is 0 Å². The predicted molar refractivity (Wildman–Crippen MR) is 118 cm³/mol. The van der Waals surface area contributed by atoms with Crippen molar-refractivity contribution in [2.24, 2.45) is 17.6 Å². The first-order valence-corrected chi connectivity index (χ1v) is 10.5. The Morgan fingerprint density at radius 1 is 0.786 bits per heavy atom. The van der Waals surface area contributed by atoms with Gasteiger partial charge in [-0.2, -0.15) is 0 Å². The Balaban J connectivity index is 2.05. The second-order valence-electron chi connectivity index (χ2n) is 9.07. The summed E-state index contributed by atoms with van der Waals surface area (Å²) in [6.45, 7) is 12.8. The molecule has 0 saturated carbocycles. The van der Waals surface area contributed by atoms with Crippen LogP contribution in [0.4, 0.5) is 0 Å². The topological polar surface area (TPSA) is 66.5 Å². The minimum absolute atomic E-state index is 0.0495. The molecule has 0 spiro atoms. The molecule has 0 saturated heterocycles. The molecule has 2 aromatic carbocycles. The van der Waals surface area contributed by atoms with Gasteiger partial charge in [-0.25, -0.2) is 0 Å². The normalized spacial score (nSPS) is 15.0. The van der Waals surface area contributed by atoms with Crippen LogP contribution in [0, 0.1) is 11.8 Å². The lowest BCUT2D eigenvalue weighted by Gasteiger charge is -2.25. The molecule has 3 unspecified atom stereocenters. The summed E-state index contributed by atoms with van der Waals surface area (Å²) in [4.78, 5) is 0. The van der Waals surface area contributed by atoms with Gasteiger partial charge in [0.1, 0.15) is 11.5 Å². The van der Waals surface area contributed by atoms with E-state index >= 15 is 0 Å². The number of rotatable bonds is 8. The van der Waals surface area contributed by atoms with Gasteiger partial charge in [0, 0.05) is 6.04 Å². The molecule has 0 aliphatic heterocycles. The zero-order chi connectivity index (χ0) is 21.0. The van der Waals surface area contributed by atoms with Crippen LogP contribution in [0.1, 0.15) is 88.1 Å². The fraction of sp³-hybridized carbons (Fsp3) is 0.520. The van der Waals surface area contributed by atoms with Gasteiger partial charge >= 0.3 is 0 Å². The summed E-state index contributed by atoms with van der Waals surface area (Å²) in [5.41, 5.74) is 10.9. The molecule has 0 bridgehead atoms. The SMILES string of the molecule is CC(Cc1ccc(O)c(C(C)C)c1)CC(C)C(N)c1ccc(O)c(C(C)C)c1. The first kappa shape index (κ1) is 22.3. The van der Waals surface area contributed by atoms with Gasteiger partial charge in [-0.05, 0) is 70.9 Å². The van der Waals surface area contributed by atoms with Crippen LogP contribution in [-0.2, 0) is 6.42 Å². The van der Waals surface area contributed by atoms with E-state index in [0.717, 1.165) is 29.5 Å². The van der Waals surface area contributed by atoms with E-state index in [4.69, 9.17) is 5.73 Å². The zero-order valence-corrected chi connectivity index (χ0v) is 18.2. The lowest BCUT2D eigenvalue weighted by molar-refractivity contribution is 0.360. The smallest absolute Gasteiger partial charge is 0.119 e. The van der Waals surface area contributed by atoms with Crippen molar-refractivity contribution < 1.29 is 10.2 Å². The molecule has 0 aliphatic rings. The molecule has 0 amide bonds. The van der Waals surface area contributed by atoms with Crippen LogP contribution in [0.2, 0.25) is 0 Å². The molecule has 4 N–H and O–H groups in total. The van der Waals surface area contributed by atoms with E-state index in [1.54, 1.807) is 6.07 Å². The highest BCUT2D eigenvalue weighted by Gasteiger charge is 2.20. The average Bonchev–Trinajstić information content (AvgIpc) is 2.62. The van der Waals surface area contributed by atoms with Crippen LogP contribution >= 0.6 is 0 Å². The quantitative estimate of drug-likeness (QED) is 0.505. The molecule has 3 nitrogen and oxygen atoms in total. The van der Waals surface area contributed by atoms with Crippen molar-refractivity contribution >= 4 is 0 Å². The van der Waals surface area contributed by atoms with Crippen LogP contribution in [0.3, 0.4) is 0 Å². The number of nitrogens with two attached hydrogens (primary N) is 1. The van der Waals surface area contributed by atoms with Crippen molar-refractivity contribution in [3.8, 4) is 11.5 Å². The number of hydrogen-bond donors (Lipinski definition) is 3. The van der Waals surface area contributed by atoms with Gasteiger partial charge in [0.2, 0.25) is 0 Å². The lowest BCUT2D eigenvalue weighted by atomic mass is 9.84. The number of aromatic hydroxyl groups is 2. The number of phenolic OH excluding ortho intramolecular Hbond substituents is 2. The van der Waals surface area contributed by atoms with Crippen molar-refractivity contribution in [2.45, 2.75) is 72.3 Å². The Hall–Kier alpha value is -2.00.